The van der Waals surface area contributed by atoms with E-state index in [0.29, 0.717) is 0 Å². The molecule has 0 unspecified atom stereocenters. The van der Waals surface area contributed by atoms with Crippen LogP contribution in [-0.2, 0) is 0 Å². The van der Waals surface area contributed by atoms with E-state index in [-0.39, 0.29) is 0 Å². The molecule has 0 rings (SSSR count). The molecule has 0 aromatic heterocycles. The molecule has 1 heteroatoms. The Bertz CT molecular complexity index is 92.6. The van der Waals surface area contributed by atoms with Gasteiger partial charge in [0.1, 0.15) is 0 Å². The standard InChI is InChI=1S/C7H11Br/c1-3-5-7(8)6-4-2/h3,5H,1,4,6H2,2H3/b7-5+. The van der Waals surface area contributed by atoms with Crippen LogP contribution in [0.5, 0.6) is 0 Å². The van der Waals surface area contributed by atoms with Gasteiger partial charge in [0.05, 0.1) is 0 Å². The van der Waals surface area contributed by atoms with Crippen LogP contribution in [0.1, 0.15) is 19.8 Å². The number of halogens is 1. The van der Waals surface area contributed by atoms with Gasteiger partial charge in [0.25, 0.3) is 0 Å². The Labute approximate surface area is 59.4 Å². The molecule has 0 saturated carbocycles. The zero-order chi connectivity index (χ0) is 6.41. The molecular formula is C7H11Br. The summed E-state index contributed by atoms with van der Waals surface area (Å²) in [5.41, 5.74) is 0. The summed E-state index contributed by atoms with van der Waals surface area (Å²) in [6.07, 6.45) is 6.07. The van der Waals surface area contributed by atoms with Crippen LogP contribution in [0.2, 0.25) is 0 Å². The van der Waals surface area contributed by atoms with Crippen LogP contribution in [0, 0.1) is 0 Å². The molecule has 0 spiro atoms. The Morgan fingerprint density at radius 2 is 2.38 bits per heavy atom. The average Bonchev–Trinajstić information content (AvgIpc) is 1.68. The molecule has 0 saturated heterocycles. The Balaban J connectivity index is 3.44. The molecule has 46 valence electrons. The van der Waals surface area contributed by atoms with Gasteiger partial charge >= 0.3 is 0 Å². The summed E-state index contributed by atoms with van der Waals surface area (Å²) in [6, 6.07) is 0. The van der Waals surface area contributed by atoms with Gasteiger partial charge in [0.2, 0.25) is 0 Å². The molecule has 0 aliphatic rings. The van der Waals surface area contributed by atoms with Crippen molar-refractivity contribution in [2.75, 3.05) is 0 Å². The third-order valence-electron chi connectivity index (χ3n) is 0.788. The average molecular weight is 175 g/mol. The highest BCUT2D eigenvalue weighted by Crippen LogP contribution is 2.11. The topological polar surface area (TPSA) is 0 Å². The molecule has 0 fully saturated rings. The van der Waals surface area contributed by atoms with Gasteiger partial charge in [-0.25, -0.2) is 0 Å². The summed E-state index contributed by atoms with van der Waals surface area (Å²) in [5.74, 6) is 0. The van der Waals surface area contributed by atoms with E-state index in [9.17, 15) is 0 Å². The molecule has 0 aliphatic heterocycles. The first kappa shape index (κ1) is 7.96. The second-order valence-electron chi connectivity index (χ2n) is 1.60. The molecule has 8 heavy (non-hydrogen) atoms. The fraction of sp³-hybridized carbons (Fsp3) is 0.429. The maximum atomic E-state index is 3.58. The molecule has 0 radical (unpaired) electrons. The minimum atomic E-state index is 1.12. The highest BCUT2D eigenvalue weighted by Gasteiger charge is 1.83. The van der Waals surface area contributed by atoms with Gasteiger partial charge in [0.15, 0.2) is 0 Å². The van der Waals surface area contributed by atoms with Crippen LogP contribution >= 0.6 is 15.9 Å². The van der Waals surface area contributed by atoms with Crippen molar-refractivity contribution in [2.45, 2.75) is 19.8 Å². The van der Waals surface area contributed by atoms with Crippen LogP contribution in [0.4, 0.5) is 0 Å². The molecule has 0 nitrogen and oxygen atoms in total. The van der Waals surface area contributed by atoms with Gasteiger partial charge in [-0.05, 0) is 10.9 Å². The van der Waals surface area contributed by atoms with Gasteiger partial charge in [-0.1, -0.05) is 48.0 Å². The van der Waals surface area contributed by atoms with Gasteiger partial charge in [-0.15, -0.1) is 0 Å². The Kier molecular flexibility index (Phi) is 5.08. The fourth-order valence-electron chi connectivity index (χ4n) is 0.450. The van der Waals surface area contributed by atoms with Gasteiger partial charge in [0, 0.05) is 0 Å². The second kappa shape index (κ2) is 5.10. The summed E-state index contributed by atoms with van der Waals surface area (Å²) in [6.45, 7) is 5.73. The molecule has 0 heterocycles. The molecular weight excluding hydrogens is 164 g/mol. The van der Waals surface area contributed by atoms with Crippen LogP contribution < -0.4 is 0 Å². The van der Waals surface area contributed by atoms with E-state index in [1.807, 2.05) is 6.08 Å². The van der Waals surface area contributed by atoms with E-state index in [0.717, 1.165) is 6.42 Å². The van der Waals surface area contributed by atoms with Crippen molar-refractivity contribution in [1.82, 2.24) is 0 Å². The lowest BCUT2D eigenvalue weighted by Gasteiger charge is -1.89. The van der Waals surface area contributed by atoms with E-state index >= 15 is 0 Å². The van der Waals surface area contributed by atoms with Crippen molar-refractivity contribution < 1.29 is 0 Å². The maximum Gasteiger partial charge on any atom is -0.00497 e. The molecule has 0 atom stereocenters. The van der Waals surface area contributed by atoms with E-state index in [4.69, 9.17) is 0 Å². The Morgan fingerprint density at radius 1 is 1.75 bits per heavy atom. The molecule has 0 bridgehead atoms. The van der Waals surface area contributed by atoms with E-state index in [1.54, 1.807) is 6.08 Å². The molecule has 0 aromatic carbocycles. The third kappa shape index (κ3) is 4.13. The summed E-state index contributed by atoms with van der Waals surface area (Å²) in [4.78, 5) is 0. The largest absolute Gasteiger partial charge is 0.0990 e. The molecule has 0 aliphatic carbocycles. The van der Waals surface area contributed by atoms with E-state index in [2.05, 4.69) is 29.4 Å². The highest BCUT2D eigenvalue weighted by molar-refractivity contribution is 9.11. The Hall–Kier alpha value is -0.0400. The third-order valence-corrected chi connectivity index (χ3v) is 1.45. The van der Waals surface area contributed by atoms with Crippen molar-refractivity contribution in [2.24, 2.45) is 0 Å². The minimum Gasteiger partial charge on any atom is -0.0990 e. The van der Waals surface area contributed by atoms with Crippen LogP contribution in [0.25, 0.3) is 0 Å². The smallest absolute Gasteiger partial charge is 0.00497 e. The quantitative estimate of drug-likeness (QED) is 0.577. The Morgan fingerprint density at radius 3 is 2.75 bits per heavy atom. The van der Waals surface area contributed by atoms with E-state index in [1.165, 1.54) is 10.9 Å². The van der Waals surface area contributed by atoms with Gasteiger partial charge < -0.3 is 0 Å². The first-order chi connectivity index (χ1) is 3.81. The van der Waals surface area contributed by atoms with Crippen LogP contribution in [0.15, 0.2) is 23.2 Å². The van der Waals surface area contributed by atoms with Crippen molar-refractivity contribution in [3.8, 4) is 0 Å². The number of hydrogen-bond donors (Lipinski definition) is 0. The number of hydrogen-bond acceptors (Lipinski definition) is 0. The monoisotopic (exact) mass is 174 g/mol. The number of rotatable bonds is 3. The van der Waals surface area contributed by atoms with Crippen LogP contribution in [0.3, 0.4) is 0 Å². The van der Waals surface area contributed by atoms with Crippen molar-refractivity contribution >= 4 is 15.9 Å². The lowest BCUT2D eigenvalue weighted by Crippen LogP contribution is -1.66. The molecule has 0 N–H and O–H groups in total. The first-order valence-electron chi connectivity index (χ1n) is 2.78. The van der Waals surface area contributed by atoms with Crippen molar-refractivity contribution in [3.05, 3.63) is 23.2 Å². The van der Waals surface area contributed by atoms with Gasteiger partial charge in [-0.3, -0.25) is 0 Å². The van der Waals surface area contributed by atoms with Crippen molar-refractivity contribution in [1.29, 1.82) is 0 Å². The van der Waals surface area contributed by atoms with Crippen molar-refractivity contribution in [3.63, 3.8) is 0 Å². The SMILES string of the molecule is C=C/C=C(/Br)CCC. The second-order valence-corrected chi connectivity index (χ2v) is 2.62. The molecule has 0 aromatic rings. The zero-order valence-electron chi connectivity index (χ0n) is 5.15. The predicted octanol–water partition coefficient (Wildman–Crippen LogP) is 3.25. The zero-order valence-corrected chi connectivity index (χ0v) is 6.74. The lowest BCUT2D eigenvalue weighted by atomic mass is 10.3. The summed E-state index contributed by atoms with van der Waals surface area (Å²) in [7, 11) is 0. The normalized spacial score (nSPS) is 11.5. The van der Waals surface area contributed by atoms with Gasteiger partial charge in [-0.2, -0.15) is 0 Å². The molecule has 0 amide bonds. The maximum absolute atomic E-state index is 3.58. The summed E-state index contributed by atoms with van der Waals surface area (Å²) < 4.78 is 1.23. The lowest BCUT2D eigenvalue weighted by molar-refractivity contribution is 0.950. The first-order valence-corrected chi connectivity index (χ1v) is 3.57. The minimum absolute atomic E-state index is 1.12. The highest BCUT2D eigenvalue weighted by atomic mass is 79.9. The van der Waals surface area contributed by atoms with Crippen LogP contribution in [-0.4, -0.2) is 0 Å². The fourth-order valence-corrected chi connectivity index (χ4v) is 1.03. The number of allylic oxidation sites excluding steroid dienone is 3. The van der Waals surface area contributed by atoms with E-state index < -0.39 is 0 Å². The summed E-state index contributed by atoms with van der Waals surface area (Å²) in [5, 5.41) is 0. The summed E-state index contributed by atoms with van der Waals surface area (Å²) >= 11 is 3.39. The predicted molar refractivity (Wildman–Crippen MR) is 42.1 cm³/mol.